The molecule has 1 rings (SSSR count). The molecular formula is C19H31N3O2. The van der Waals surface area contributed by atoms with Crippen molar-refractivity contribution in [2.75, 3.05) is 39.0 Å². The Morgan fingerprint density at radius 1 is 1.12 bits per heavy atom. The Kier molecular flexibility index (Phi) is 7.92. The van der Waals surface area contributed by atoms with Gasteiger partial charge in [-0.05, 0) is 38.1 Å². The van der Waals surface area contributed by atoms with Gasteiger partial charge in [-0.25, -0.2) is 0 Å². The third-order valence-electron chi connectivity index (χ3n) is 4.06. The van der Waals surface area contributed by atoms with Crippen molar-refractivity contribution in [3.8, 4) is 0 Å². The number of nitrogens with one attached hydrogen (secondary N) is 1. The van der Waals surface area contributed by atoms with Gasteiger partial charge in [-0.15, -0.1) is 0 Å². The van der Waals surface area contributed by atoms with Crippen LogP contribution < -0.4 is 5.32 Å². The van der Waals surface area contributed by atoms with E-state index in [2.05, 4.69) is 19.2 Å². The lowest BCUT2D eigenvalue weighted by molar-refractivity contribution is -0.129. The highest BCUT2D eigenvalue weighted by molar-refractivity contribution is 5.92. The van der Waals surface area contributed by atoms with Crippen LogP contribution in [0.15, 0.2) is 18.2 Å². The molecule has 0 aliphatic carbocycles. The first-order chi connectivity index (χ1) is 11.2. The molecule has 0 saturated carbocycles. The zero-order valence-corrected chi connectivity index (χ0v) is 15.8. The van der Waals surface area contributed by atoms with Crippen molar-refractivity contribution >= 4 is 17.5 Å². The molecule has 0 heterocycles. The second-order valence-electron chi connectivity index (χ2n) is 6.80. The Hall–Kier alpha value is -1.88. The first kappa shape index (κ1) is 20.2. The van der Waals surface area contributed by atoms with Gasteiger partial charge in [0.25, 0.3) is 0 Å². The number of likely N-dealkylation sites (N-methyl/N-ethyl adjacent to an activating group) is 1. The molecule has 2 amide bonds. The van der Waals surface area contributed by atoms with Gasteiger partial charge in [0.15, 0.2) is 0 Å². The Morgan fingerprint density at radius 3 is 2.33 bits per heavy atom. The van der Waals surface area contributed by atoms with Crippen LogP contribution in [0, 0.1) is 6.92 Å². The van der Waals surface area contributed by atoms with Gasteiger partial charge in [0.1, 0.15) is 0 Å². The van der Waals surface area contributed by atoms with Gasteiger partial charge in [0, 0.05) is 38.7 Å². The molecule has 0 bridgehead atoms. The summed E-state index contributed by atoms with van der Waals surface area (Å²) in [6.07, 6.45) is 0.304. The van der Waals surface area contributed by atoms with E-state index in [1.165, 1.54) is 0 Å². The summed E-state index contributed by atoms with van der Waals surface area (Å²) >= 11 is 0. The third kappa shape index (κ3) is 6.32. The summed E-state index contributed by atoms with van der Waals surface area (Å²) in [6, 6.07) is 6.06. The minimum Gasteiger partial charge on any atom is -0.341 e. The molecule has 5 heteroatoms. The van der Waals surface area contributed by atoms with Gasteiger partial charge in [-0.3, -0.25) is 9.59 Å². The van der Waals surface area contributed by atoms with Crippen LogP contribution in [0.25, 0.3) is 0 Å². The van der Waals surface area contributed by atoms with Crippen molar-refractivity contribution in [2.45, 2.75) is 40.0 Å². The molecule has 1 aromatic carbocycles. The molecule has 5 nitrogen and oxygen atoms in total. The minimum absolute atomic E-state index is 0.00316. The number of hydrogen-bond donors (Lipinski definition) is 1. The molecule has 0 spiro atoms. The zero-order valence-electron chi connectivity index (χ0n) is 15.8. The standard InChI is InChI=1S/C19H31N3O2/c1-14(2)17-9-7-8-15(3)19(17)20-18(24)10-11-22(16(4)23)13-12-21(5)6/h7-9,14H,10-13H2,1-6H3,(H,20,24). The van der Waals surface area contributed by atoms with Crippen molar-refractivity contribution in [1.82, 2.24) is 9.80 Å². The van der Waals surface area contributed by atoms with Gasteiger partial charge >= 0.3 is 0 Å². The maximum Gasteiger partial charge on any atom is 0.226 e. The quantitative estimate of drug-likeness (QED) is 0.796. The van der Waals surface area contributed by atoms with Gasteiger partial charge in [-0.2, -0.15) is 0 Å². The van der Waals surface area contributed by atoms with Gasteiger partial charge in [-0.1, -0.05) is 32.0 Å². The summed E-state index contributed by atoms with van der Waals surface area (Å²) < 4.78 is 0. The maximum absolute atomic E-state index is 12.3. The predicted molar refractivity (Wildman–Crippen MR) is 99.3 cm³/mol. The van der Waals surface area contributed by atoms with Crippen LogP contribution in [0.2, 0.25) is 0 Å². The van der Waals surface area contributed by atoms with Gasteiger partial charge < -0.3 is 15.1 Å². The first-order valence-corrected chi connectivity index (χ1v) is 8.52. The predicted octanol–water partition coefficient (Wildman–Crippen LogP) is 2.86. The molecule has 0 aliphatic rings. The molecule has 0 unspecified atom stereocenters. The summed E-state index contributed by atoms with van der Waals surface area (Å²) in [5.41, 5.74) is 3.10. The smallest absolute Gasteiger partial charge is 0.226 e. The second kappa shape index (κ2) is 9.42. The number of aryl methyl sites for hydroxylation is 1. The molecular weight excluding hydrogens is 302 g/mol. The molecule has 0 atom stereocenters. The number of hydrogen-bond acceptors (Lipinski definition) is 3. The van der Waals surface area contributed by atoms with Crippen LogP contribution in [-0.4, -0.2) is 55.3 Å². The average Bonchev–Trinajstić information content (AvgIpc) is 2.48. The fraction of sp³-hybridized carbons (Fsp3) is 0.579. The largest absolute Gasteiger partial charge is 0.341 e. The Morgan fingerprint density at radius 2 is 1.79 bits per heavy atom. The van der Waals surface area contributed by atoms with Crippen LogP contribution in [0.4, 0.5) is 5.69 Å². The van der Waals surface area contributed by atoms with E-state index in [1.807, 2.05) is 44.1 Å². The van der Waals surface area contributed by atoms with E-state index >= 15 is 0 Å². The molecule has 134 valence electrons. The molecule has 0 aliphatic heterocycles. The molecule has 0 aromatic heterocycles. The van der Waals surface area contributed by atoms with Gasteiger partial charge in [0.05, 0.1) is 0 Å². The van der Waals surface area contributed by atoms with Crippen molar-refractivity contribution < 1.29 is 9.59 Å². The van der Waals surface area contributed by atoms with E-state index in [-0.39, 0.29) is 11.8 Å². The fourth-order valence-electron chi connectivity index (χ4n) is 2.53. The van der Waals surface area contributed by atoms with Crippen molar-refractivity contribution in [1.29, 1.82) is 0 Å². The number of anilines is 1. The van der Waals surface area contributed by atoms with E-state index < -0.39 is 0 Å². The minimum atomic E-state index is -0.0534. The molecule has 0 saturated heterocycles. The number of rotatable bonds is 8. The lowest BCUT2D eigenvalue weighted by Gasteiger charge is -2.23. The summed E-state index contributed by atoms with van der Waals surface area (Å²) in [4.78, 5) is 27.8. The van der Waals surface area contributed by atoms with E-state index in [0.29, 0.717) is 25.4 Å². The summed E-state index contributed by atoms with van der Waals surface area (Å²) in [5.74, 6) is 0.291. The van der Waals surface area contributed by atoms with E-state index in [4.69, 9.17) is 0 Å². The number of amides is 2. The fourth-order valence-corrected chi connectivity index (χ4v) is 2.53. The van der Waals surface area contributed by atoms with Gasteiger partial charge in [0.2, 0.25) is 11.8 Å². The Balaban J connectivity index is 2.68. The normalized spacial score (nSPS) is 11.0. The van der Waals surface area contributed by atoms with Crippen molar-refractivity contribution in [3.05, 3.63) is 29.3 Å². The number of carbonyl (C=O) groups excluding carboxylic acids is 2. The van der Waals surface area contributed by atoms with Crippen LogP contribution in [0.3, 0.4) is 0 Å². The van der Waals surface area contributed by atoms with Crippen LogP contribution >= 0.6 is 0 Å². The second-order valence-corrected chi connectivity index (χ2v) is 6.80. The van der Waals surface area contributed by atoms with E-state index in [9.17, 15) is 9.59 Å². The number of nitrogens with zero attached hydrogens (tertiary/aromatic N) is 2. The summed E-state index contributed by atoms with van der Waals surface area (Å²) in [7, 11) is 3.94. The highest BCUT2D eigenvalue weighted by Crippen LogP contribution is 2.27. The molecule has 0 fully saturated rings. The molecule has 24 heavy (non-hydrogen) atoms. The zero-order chi connectivity index (χ0) is 18.3. The van der Waals surface area contributed by atoms with Crippen LogP contribution in [0.1, 0.15) is 44.2 Å². The molecule has 1 aromatic rings. The highest BCUT2D eigenvalue weighted by Gasteiger charge is 2.14. The Labute approximate surface area is 146 Å². The summed E-state index contributed by atoms with van der Waals surface area (Å²) in [5, 5.41) is 3.03. The van der Waals surface area contributed by atoms with Crippen molar-refractivity contribution in [2.24, 2.45) is 0 Å². The van der Waals surface area contributed by atoms with Crippen molar-refractivity contribution in [3.63, 3.8) is 0 Å². The van der Waals surface area contributed by atoms with Crippen LogP contribution in [-0.2, 0) is 9.59 Å². The number of carbonyl (C=O) groups is 2. The maximum atomic E-state index is 12.3. The molecule has 0 radical (unpaired) electrons. The lowest BCUT2D eigenvalue weighted by Crippen LogP contribution is -2.37. The first-order valence-electron chi connectivity index (χ1n) is 8.52. The SMILES string of the molecule is CC(=O)N(CCC(=O)Nc1c(C)cccc1C(C)C)CCN(C)C. The lowest BCUT2D eigenvalue weighted by atomic mass is 9.98. The number of para-hydroxylation sites is 1. The highest BCUT2D eigenvalue weighted by atomic mass is 16.2. The molecule has 1 N–H and O–H groups in total. The topological polar surface area (TPSA) is 52.7 Å². The number of benzene rings is 1. The Bertz CT molecular complexity index is 568. The summed E-state index contributed by atoms with van der Waals surface area (Å²) in [6.45, 7) is 9.64. The van der Waals surface area contributed by atoms with E-state index in [1.54, 1.807) is 11.8 Å². The monoisotopic (exact) mass is 333 g/mol. The van der Waals surface area contributed by atoms with E-state index in [0.717, 1.165) is 23.4 Å². The average molecular weight is 333 g/mol. The third-order valence-corrected chi connectivity index (χ3v) is 4.06. The van der Waals surface area contributed by atoms with Crippen LogP contribution in [0.5, 0.6) is 0 Å².